The molecule has 1 unspecified atom stereocenters. The van der Waals surface area contributed by atoms with Crippen molar-refractivity contribution < 1.29 is 9.47 Å². The molecule has 2 rings (SSSR count). The summed E-state index contributed by atoms with van der Waals surface area (Å²) in [5, 5.41) is 3.42. The number of nitrogens with zero attached hydrogens (tertiary/aromatic N) is 2. The first-order chi connectivity index (χ1) is 10.2. The van der Waals surface area contributed by atoms with Crippen LogP contribution in [0.15, 0.2) is 4.99 Å². The molecule has 5 nitrogen and oxygen atoms in total. The fourth-order valence-corrected chi connectivity index (χ4v) is 3.08. The Balaban J connectivity index is 0.00000242. The monoisotopic (exact) mass is 425 g/mol. The average molecular weight is 425 g/mol. The van der Waals surface area contributed by atoms with Crippen LogP contribution >= 0.6 is 24.0 Å². The Labute approximate surface area is 152 Å². The highest BCUT2D eigenvalue weighted by atomic mass is 127. The maximum absolute atomic E-state index is 5.64. The van der Waals surface area contributed by atoms with Gasteiger partial charge in [0.2, 0.25) is 0 Å². The van der Waals surface area contributed by atoms with Gasteiger partial charge in [-0.15, -0.1) is 24.0 Å². The van der Waals surface area contributed by atoms with E-state index in [0.717, 1.165) is 58.4 Å². The second-order valence-corrected chi connectivity index (χ2v) is 6.74. The van der Waals surface area contributed by atoms with Gasteiger partial charge in [0.25, 0.3) is 0 Å². The Kier molecular flexibility index (Phi) is 9.01. The summed E-state index contributed by atoms with van der Waals surface area (Å²) >= 11 is 0. The van der Waals surface area contributed by atoms with E-state index in [9.17, 15) is 0 Å². The van der Waals surface area contributed by atoms with Crippen molar-refractivity contribution in [3.8, 4) is 0 Å². The summed E-state index contributed by atoms with van der Waals surface area (Å²) in [6.45, 7) is 10.8. The van der Waals surface area contributed by atoms with E-state index >= 15 is 0 Å². The lowest BCUT2D eigenvalue weighted by atomic mass is 9.87. The molecule has 2 fully saturated rings. The van der Waals surface area contributed by atoms with Gasteiger partial charge >= 0.3 is 0 Å². The SMILES string of the molecule is CN=C(NCCOCCC(C)C)N1CCC2(CCOC2)C1.I. The highest BCUT2D eigenvalue weighted by Crippen LogP contribution is 2.38. The van der Waals surface area contributed by atoms with E-state index in [4.69, 9.17) is 9.47 Å². The van der Waals surface area contributed by atoms with Crippen molar-refractivity contribution in [1.29, 1.82) is 0 Å². The Hall–Kier alpha value is -0.0800. The zero-order valence-electron chi connectivity index (χ0n) is 14.3. The average Bonchev–Trinajstić information content (AvgIpc) is 3.09. The Morgan fingerprint density at radius 2 is 2.18 bits per heavy atom. The fourth-order valence-electron chi connectivity index (χ4n) is 3.08. The Morgan fingerprint density at radius 3 is 2.82 bits per heavy atom. The van der Waals surface area contributed by atoms with E-state index in [2.05, 4.69) is 29.1 Å². The first-order valence-electron chi connectivity index (χ1n) is 8.26. The van der Waals surface area contributed by atoms with Gasteiger partial charge in [-0.05, 0) is 25.2 Å². The third-order valence-electron chi connectivity index (χ3n) is 4.50. The molecule has 22 heavy (non-hydrogen) atoms. The lowest BCUT2D eigenvalue weighted by Crippen LogP contribution is -2.42. The van der Waals surface area contributed by atoms with E-state index in [0.29, 0.717) is 11.3 Å². The van der Waals surface area contributed by atoms with Crippen LogP contribution in [0.4, 0.5) is 0 Å². The van der Waals surface area contributed by atoms with Gasteiger partial charge < -0.3 is 19.7 Å². The molecule has 130 valence electrons. The zero-order chi connectivity index (χ0) is 15.1. The van der Waals surface area contributed by atoms with Gasteiger partial charge in [0.1, 0.15) is 0 Å². The Morgan fingerprint density at radius 1 is 1.36 bits per heavy atom. The molecule has 0 radical (unpaired) electrons. The normalized spacial score (nSPS) is 25.1. The maximum atomic E-state index is 5.64. The molecule has 0 aromatic heterocycles. The minimum atomic E-state index is 0. The third-order valence-corrected chi connectivity index (χ3v) is 4.50. The molecule has 0 saturated carbocycles. The zero-order valence-corrected chi connectivity index (χ0v) is 16.6. The molecule has 2 aliphatic heterocycles. The molecule has 0 aromatic carbocycles. The van der Waals surface area contributed by atoms with Crippen LogP contribution in [0.25, 0.3) is 0 Å². The van der Waals surface area contributed by atoms with Crippen molar-refractivity contribution >= 4 is 29.9 Å². The molecule has 0 aliphatic carbocycles. The number of likely N-dealkylation sites (tertiary alicyclic amines) is 1. The van der Waals surface area contributed by atoms with Gasteiger partial charge in [0, 0.05) is 45.3 Å². The second-order valence-electron chi connectivity index (χ2n) is 6.74. The number of rotatable bonds is 6. The minimum absolute atomic E-state index is 0. The third kappa shape index (κ3) is 5.85. The fraction of sp³-hybridized carbons (Fsp3) is 0.938. The first-order valence-corrected chi connectivity index (χ1v) is 8.26. The molecule has 6 heteroatoms. The van der Waals surface area contributed by atoms with Gasteiger partial charge in [0.15, 0.2) is 5.96 Å². The summed E-state index contributed by atoms with van der Waals surface area (Å²) < 4.78 is 11.2. The number of hydrogen-bond acceptors (Lipinski definition) is 3. The largest absolute Gasteiger partial charge is 0.381 e. The minimum Gasteiger partial charge on any atom is -0.381 e. The summed E-state index contributed by atoms with van der Waals surface area (Å²) in [6, 6.07) is 0. The van der Waals surface area contributed by atoms with Crippen molar-refractivity contribution in [2.24, 2.45) is 16.3 Å². The van der Waals surface area contributed by atoms with Crippen LogP contribution in [0.3, 0.4) is 0 Å². The lowest BCUT2D eigenvalue weighted by Gasteiger charge is -2.24. The maximum Gasteiger partial charge on any atom is 0.193 e. The van der Waals surface area contributed by atoms with Crippen molar-refractivity contribution in [1.82, 2.24) is 10.2 Å². The van der Waals surface area contributed by atoms with E-state index in [1.165, 1.54) is 12.8 Å². The number of guanidine groups is 1. The summed E-state index contributed by atoms with van der Waals surface area (Å²) in [6.07, 6.45) is 3.54. The summed E-state index contributed by atoms with van der Waals surface area (Å²) in [4.78, 5) is 6.77. The summed E-state index contributed by atoms with van der Waals surface area (Å²) in [5.74, 6) is 1.71. The van der Waals surface area contributed by atoms with Crippen LogP contribution in [0.1, 0.15) is 33.1 Å². The molecule has 0 bridgehead atoms. The smallest absolute Gasteiger partial charge is 0.193 e. The number of ether oxygens (including phenoxy) is 2. The number of hydrogen-bond donors (Lipinski definition) is 1. The van der Waals surface area contributed by atoms with Gasteiger partial charge in [-0.1, -0.05) is 13.8 Å². The van der Waals surface area contributed by atoms with Gasteiger partial charge in [0.05, 0.1) is 13.2 Å². The number of halogens is 1. The van der Waals surface area contributed by atoms with Crippen molar-refractivity contribution in [2.75, 3.05) is 53.1 Å². The molecule has 2 aliphatic rings. The van der Waals surface area contributed by atoms with E-state index in [1.54, 1.807) is 0 Å². The molecule has 0 amide bonds. The standard InChI is InChI=1S/C16H31N3O2.HI/c1-14(2)4-9-20-11-7-18-15(17-3)19-8-5-16(12-19)6-10-21-13-16;/h14H,4-13H2,1-3H3,(H,17,18);1H. The van der Waals surface area contributed by atoms with Crippen LogP contribution < -0.4 is 5.32 Å². The second kappa shape index (κ2) is 9.93. The van der Waals surface area contributed by atoms with E-state index in [-0.39, 0.29) is 24.0 Å². The van der Waals surface area contributed by atoms with Crippen molar-refractivity contribution in [3.63, 3.8) is 0 Å². The summed E-state index contributed by atoms with van der Waals surface area (Å²) in [7, 11) is 1.86. The van der Waals surface area contributed by atoms with Gasteiger partial charge in [-0.25, -0.2) is 0 Å². The van der Waals surface area contributed by atoms with E-state index in [1.807, 2.05) is 7.05 Å². The molecule has 1 atom stereocenters. The molecule has 1 N–H and O–H groups in total. The molecule has 1 spiro atoms. The number of aliphatic imine (C=N–C) groups is 1. The topological polar surface area (TPSA) is 46.1 Å². The summed E-state index contributed by atoms with van der Waals surface area (Å²) in [5.41, 5.74) is 0.380. The predicted molar refractivity (Wildman–Crippen MR) is 101 cm³/mol. The van der Waals surface area contributed by atoms with Crippen LogP contribution in [0.2, 0.25) is 0 Å². The molecule has 2 saturated heterocycles. The highest BCUT2D eigenvalue weighted by molar-refractivity contribution is 14.0. The van der Waals surface area contributed by atoms with Crippen LogP contribution in [0.5, 0.6) is 0 Å². The quantitative estimate of drug-likeness (QED) is 0.307. The molecule has 0 aromatic rings. The highest BCUT2D eigenvalue weighted by Gasteiger charge is 2.42. The number of nitrogens with one attached hydrogen (secondary N) is 1. The van der Waals surface area contributed by atoms with Crippen molar-refractivity contribution in [3.05, 3.63) is 0 Å². The molecular formula is C16H32IN3O2. The first kappa shape index (κ1) is 20.0. The van der Waals surface area contributed by atoms with Gasteiger partial charge in [-0.3, -0.25) is 4.99 Å². The lowest BCUT2D eigenvalue weighted by molar-refractivity contribution is 0.127. The Bertz CT molecular complexity index is 344. The van der Waals surface area contributed by atoms with Crippen LogP contribution in [-0.2, 0) is 9.47 Å². The van der Waals surface area contributed by atoms with Crippen LogP contribution in [-0.4, -0.2) is 64.0 Å². The van der Waals surface area contributed by atoms with Crippen molar-refractivity contribution in [2.45, 2.75) is 33.1 Å². The predicted octanol–water partition coefficient (Wildman–Crippen LogP) is 2.35. The van der Waals surface area contributed by atoms with E-state index < -0.39 is 0 Å². The van der Waals surface area contributed by atoms with Gasteiger partial charge in [-0.2, -0.15) is 0 Å². The molecular weight excluding hydrogens is 393 g/mol. The molecule has 2 heterocycles. The van der Waals surface area contributed by atoms with Crippen LogP contribution in [0, 0.1) is 11.3 Å².